The van der Waals surface area contributed by atoms with Gasteiger partial charge in [-0.3, -0.25) is 0 Å². The van der Waals surface area contributed by atoms with Gasteiger partial charge in [-0.2, -0.15) is 0 Å². The van der Waals surface area contributed by atoms with Crippen molar-refractivity contribution in [2.45, 2.75) is 20.8 Å². The summed E-state index contributed by atoms with van der Waals surface area (Å²) in [5, 5.41) is 0. The third-order valence-electron chi connectivity index (χ3n) is 1.93. The van der Waals surface area contributed by atoms with Crippen molar-refractivity contribution in [3.63, 3.8) is 0 Å². The second-order valence-electron chi connectivity index (χ2n) is 3.29. The summed E-state index contributed by atoms with van der Waals surface area (Å²) in [5.74, 6) is 0. The van der Waals surface area contributed by atoms with Crippen LogP contribution in [0.25, 0.3) is 0 Å². The van der Waals surface area contributed by atoms with E-state index in [0.29, 0.717) is 11.1 Å². The minimum absolute atomic E-state index is 0.254. The van der Waals surface area contributed by atoms with E-state index in [1.807, 2.05) is 6.92 Å². The standard InChI is InChI=1S/C9H14O3Te/c1-6-4-7(2)9(8(3)5-6)13(10,11)12/h4-5,13H,1-3H3,(H2,10,11,12). The van der Waals surface area contributed by atoms with Gasteiger partial charge in [0.1, 0.15) is 0 Å². The fourth-order valence-corrected chi connectivity index (χ4v) is 4.62. The SMILES string of the molecule is Cc1cc(C)c([TeH](=O)(O)O)c(C)c1. The van der Waals surface area contributed by atoms with Crippen LogP contribution in [-0.2, 0) is 3.10 Å². The van der Waals surface area contributed by atoms with Crippen molar-refractivity contribution in [2.24, 2.45) is 0 Å². The van der Waals surface area contributed by atoms with Crippen molar-refractivity contribution < 1.29 is 10.0 Å². The molecule has 0 radical (unpaired) electrons. The van der Waals surface area contributed by atoms with Crippen LogP contribution >= 0.6 is 0 Å². The molecular weight excluding hydrogens is 284 g/mol. The fourth-order valence-electron chi connectivity index (χ4n) is 1.63. The number of aryl methyl sites for hydroxylation is 3. The van der Waals surface area contributed by atoms with E-state index in [0.717, 1.165) is 5.56 Å². The Labute approximate surface area is 82.3 Å². The molecule has 0 aliphatic rings. The summed E-state index contributed by atoms with van der Waals surface area (Å²) in [5.41, 5.74) is 2.43. The van der Waals surface area contributed by atoms with Gasteiger partial charge in [0.2, 0.25) is 0 Å². The van der Waals surface area contributed by atoms with Crippen LogP contribution in [0.4, 0.5) is 0 Å². The molecule has 0 fully saturated rings. The average molecular weight is 298 g/mol. The van der Waals surface area contributed by atoms with Crippen LogP contribution in [0, 0.1) is 20.8 Å². The molecule has 0 aromatic heterocycles. The van der Waals surface area contributed by atoms with Crippen molar-refractivity contribution in [3.05, 3.63) is 28.8 Å². The van der Waals surface area contributed by atoms with Crippen LogP contribution in [0.3, 0.4) is 0 Å². The van der Waals surface area contributed by atoms with Crippen molar-refractivity contribution in [1.29, 1.82) is 0 Å². The summed E-state index contributed by atoms with van der Waals surface area (Å²) in [4.78, 5) is 0. The Balaban J connectivity index is 3.47. The molecule has 0 heterocycles. The van der Waals surface area contributed by atoms with E-state index in [2.05, 4.69) is 0 Å². The van der Waals surface area contributed by atoms with Gasteiger partial charge in [0.05, 0.1) is 0 Å². The first kappa shape index (κ1) is 10.8. The van der Waals surface area contributed by atoms with Crippen molar-refractivity contribution >= 4 is 22.6 Å². The van der Waals surface area contributed by atoms with Crippen molar-refractivity contribution in [3.8, 4) is 0 Å². The Bertz CT molecular complexity index is 355. The van der Waals surface area contributed by atoms with Crippen LogP contribution < -0.4 is 3.61 Å². The van der Waals surface area contributed by atoms with Crippen molar-refractivity contribution in [1.82, 2.24) is 0 Å². The van der Waals surface area contributed by atoms with E-state index in [-0.39, 0.29) is 3.61 Å². The minimum atomic E-state index is -5.02. The topological polar surface area (TPSA) is 57.5 Å². The fraction of sp³-hybridized carbons (Fsp3) is 0.333. The van der Waals surface area contributed by atoms with E-state index in [4.69, 9.17) is 6.94 Å². The van der Waals surface area contributed by atoms with Gasteiger partial charge in [-0.1, -0.05) is 0 Å². The van der Waals surface area contributed by atoms with Gasteiger partial charge in [0, 0.05) is 0 Å². The number of benzene rings is 1. The molecule has 0 atom stereocenters. The van der Waals surface area contributed by atoms with Gasteiger partial charge in [-0.25, -0.2) is 0 Å². The predicted molar refractivity (Wildman–Crippen MR) is 52.6 cm³/mol. The Kier molecular flexibility index (Phi) is 2.88. The van der Waals surface area contributed by atoms with Crippen LogP contribution in [0.1, 0.15) is 16.7 Å². The van der Waals surface area contributed by atoms with Crippen molar-refractivity contribution in [2.75, 3.05) is 0 Å². The Morgan fingerprint density at radius 2 is 1.46 bits per heavy atom. The molecule has 13 heavy (non-hydrogen) atoms. The van der Waals surface area contributed by atoms with E-state index >= 15 is 0 Å². The predicted octanol–water partition coefficient (Wildman–Crippen LogP) is -0.0948. The summed E-state index contributed by atoms with van der Waals surface area (Å²) in [6.45, 7) is 5.39. The maximum absolute atomic E-state index is 11.2. The van der Waals surface area contributed by atoms with E-state index in [1.54, 1.807) is 26.0 Å². The molecule has 0 aliphatic carbocycles. The molecule has 3 nitrogen and oxygen atoms in total. The summed E-state index contributed by atoms with van der Waals surface area (Å²) in [6, 6.07) is 3.60. The van der Waals surface area contributed by atoms with E-state index in [1.165, 1.54) is 0 Å². The molecule has 74 valence electrons. The van der Waals surface area contributed by atoms with E-state index in [9.17, 15) is 3.10 Å². The van der Waals surface area contributed by atoms with Crippen LogP contribution in [-0.4, -0.2) is 25.9 Å². The monoisotopic (exact) mass is 300 g/mol. The number of hydrogen-bond donors (Lipinski definition) is 2. The Hall–Kier alpha value is -0.270. The first-order chi connectivity index (χ1) is 5.82. The zero-order valence-electron chi connectivity index (χ0n) is 7.90. The summed E-state index contributed by atoms with van der Waals surface area (Å²) >= 11 is -5.02. The molecular formula is C9H14O3Te. The number of hydrogen-bond acceptors (Lipinski definition) is 1. The molecule has 0 saturated heterocycles. The molecule has 0 spiro atoms. The van der Waals surface area contributed by atoms with Gasteiger partial charge < -0.3 is 0 Å². The Morgan fingerprint density at radius 1 is 1.08 bits per heavy atom. The quantitative estimate of drug-likeness (QED) is 0.712. The molecule has 0 saturated carbocycles. The average Bonchev–Trinajstić information content (AvgIpc) is 1.78. The summed E-state index contributed by atoms with van der Waals surface area (Å²) in [6.07, 6.45) is 0. The molecule has 4 heteroatoms. The van der Waals surface area contributed by atoms with Gasteiger partial charge >= 0.3 is 82.2 Å². The zero-order valence-corrected chi connectivity index (χ0v) is 10.5. The molecule has 0 aliphatic heterocycles. The molecule has 0 bridgehead atoms. The number of rotatable bonds is 1. The summed E-state index contributed by atoms with van der Waals surface area (Å²) < 4.78 is 29.7. The third-order valence-corrected chi connectivity index (χ3v) is 5.60. The van der Waals surface area contributed by atoms with Crippen LogP contribution in [0.5, 0.6) is 0 Å². The molecule has 1 aromatic carbocycles. The normalized spacial score (nSPS) is 13.0. The van der Waals surface area contributed by atoms with Gasteiger partial charge in [0.25, 0.3) is 0 Å². The molecule has 1 aromatic rings. The van der Waals surface area contributed by atoms with Gasteiger partial charge in [0.15, 0.2) is 0 Å². The molecule has 1 rings (SSSR count). The first-order valence-corrected chi connectivity index (χ1v) is 8.56. The van der Waals surface area contributed by atoms with Crippen LogP contribution in [0.2, 0.25) is 0 Å². The van der Waals surface area contributed by atoms with Crippen LogP contribution in [0.15, 0.2) is 12.1 Å². The first-order valence-electron chi connectivity index (χ1n) is 3.96. The Morgan fingerprint density at radius 3 is 1.77 bits per heavy atom. The van der Waals surface area contributed by atoms with Gasteiger partial charge in [-0.05, 0) is 0 Å². The molecule has 0 unspecified atom stereocenters. The zero-order chi connectivity index (χ0) is 10.2. The molecule has 2 N–H and O–H groups in total. The van der Waals surface area contributed by atoms with E-state index < -0.39 is 19.0 Å². The van der Waals surface area contributed by atoms with Gasteiger partial charge in [-0.15, -0.1) is 0 Å². The molecule has 0 amide bonds. The maximum atomic E-state index is 11.2. The second-order valence-corrected chi connectivity index (χ2v) is 7.67. The third kappa shape index (κ3) is 2.35. The second kappa shape index (κ2) is 3.47. The summed E-state index contributed by atoms with van der Waals surface area (Å²) in [7, 11) is 0.